The molecule has 0 aliphatic carbocycles. The number of benzene rings is 1. The molecule has 0 amide bonds. The van der Waals surface area contributed by atoms with E-state index in [0.29, 0.717) is 48.3 Å². The molecule has 18 heavy (non-hydrogen) atoms. The average molecular weight is 271 g/mol. The number of methoxy groups -OCH3 is 1. The zero-order valence-electron chi connectivity index (χ0n) is 10.2. The molecule has 0 radical (unpaired) electrons. The number of carbonyl (C=O) groups is 1. The van der Waals surface area contributed by atoms with Crippen molar-refractivity contribution >= 4 is 17.9 Å². The summed E-state index contributed by atoms with van der Waals surface area (Å²) in [6.45, 7) is 1.19. The van der Waals surface area contributed by atoms with Crippen LogP contribution in [0.4, 0.5) is 0 Å². The van der Waals surface area contributed by atoms with E-state index in [9.17, 15) is 4.79 Å². The Bertz CT molecular complexity index is 445. The molecule has 0 N–H and O–H groups in total. The molecule has 0 spiro atoms. The highest BCUT2D eigenvalue weighted by Crippen LogP contribution is 2.44. The van der Waals surface area contributed by atoms with Gasteiger partial charge in [-0.25, -0.2) is 0 Å². The fraction of sp³-hybridized carbons (Fsp3) is 0.462. The SMILES string of the molecule is COc1c(Cl)cc2c(c1CCC=O)OCCCO2. The maximum absolute atomic E-state index is 10.6. The van der Waals surface area contributed by atoms with Crippen LogP contribution in [0.3, 0.4) is 0 Å². The first-order chi connectivity index (χ1) is 8.77. The summed E-state index contributed by atoms with van der Waals surface area (Å²) in [5.41, 5.74) is 0.800. The van der Waals surface area contributed by atoms with Gasteiger partial charge in [-0.05, 0) is 6.42 Å². The Balaban J connectivity index is 2.49. The minimum Gasteiger partial charge on any atom is -0.495 e. The number of hydrogen-bond acceptors (Lipinski definition) is 4. The maximum atomic E-state index is 10.6. The lowest BCUT2D eigenvalue weighted by Gasteiger charge is -2.16. The second-order valence-electron chi connectivity index (χ2n) is 3.95. The highest BCUT2D eigenvalue weighted by molar-refractivity contribution is 6.32. The average Bonchev–Trinajstić information content (AvgIpc) is 2.60. The van der Waals surface area contributed by atoms with Gasteiger partial charge in [0.05, 0.1) is 25.3 Å². The van der Waals surface area contributed by atoms with Crippen LogP contribution in [0, 0.1) is 0 Å². The van der Waals surface area contributed by atoms with Crippen molar-refractivity contribution in [2.75, 3.05) is 20.3 Å². The summed E-state index contributed by atoms with van der Waals surface area (Å²) in [6.07, 6.45) is 2.61. The summed E-state index contributed by atoms with van der Waals surface area (Å²) < 4.78 is 16.6. The molecule has 1 heterocycles. The summed E-state index contributed by atoms with van der Waals surface area (Å²) in [7, 11) is 1.55. The highest BCUT2D eigenvalue weighted by Gasteiger charge is 2.21. The smallest absolute Gasteiger partial charge is 0.168 e. The van der Waals surface area contributed by atoms with E-state index in [2.05, 4.69) is 0 Å². The van der Waals surface area contributed by atoms with Gasteiger partial charge in [0, 0.05) is 24.5 Å². The van der Waals surface area contributed by atoms with E-state index in [4.69, 9.17) is 25.8 Å². The van der Waals surface area contributed by atoms with Crippen molar-refractivity contribution in [1.29, 1.82) is 0 Å². The van der Waals surface area contributed by atoms with Crippen LogP contribution in [0.1, 0.15) is 18.4 Å². The maximum Gasteiger partial charge on any atom is 0.168 e. The third kappa shape index (κ3) is 2.53. The largest absolute Gasteiger partial charge is 0.495 e. The van der Waals surface area contributed by atoms with E-state index in [1.807, 2.05) is 0 Å². The van der Waals surface area contributed by atoms with Crippen LogP contribution >= 0.6 is 11.6 Å². The second kappa shape index (κ2) is 5.96. The molecule has 0 unspecified atom stereocenters. The Kier molecular flexibility index (Phi) is 4.31. The molecule has 0 saturated heterocycles. The molecule has 2 rings (SSSR count). The number of aldehydes is 1. The topological polar surface area (TPSA) is 44.8 Å². The van der Waals surface area contributed by atoms with E-state index in [0.717, 1.165) is 18.3 Å². The molecule has 1 aliphatic heterocycles. The van der Waals surface area contributed by atoms with Gasteiger partial charge >= 0.3 is 0 Å². The standard InChI is InChI=1S/C13H15ClO4/c1-16-12-9(4-2-5-15)13-11(8-10(12)14)17-6-3-7-18-13/h5,8H,2-4,6-7H2,1H3. The summed E-state index contributed by atoms with van der Waals surface area (Å²) in [6, 6.07) is 1.70. The van der Waals surface area contributed by atoms with Crippen LogP contribution in [0.2, 0.25) is 5.02 Å². The lowest BCUT2D eigenvalue weighted by molar-refractivity contribution is -0.107. The molecular weight excluding hydrogens is 256 g/mol. The predicted octanol–water partition coefficient (Wildman–Crippen LogP) is 2.64. The van der Waals surface area contributed by atoms with Crippen LogP contribution in [0.15, 0.2) is 6.07 Å². The molecule has 0 aromatic heterocycles. The van der Waals surface area contributed by atoms with Gasteiger partial charge in [0.2, 0.25) is 0 Å². The Morgan fingerprint density at radius 3 is 2.94 bits per heavy atom. The van der Waals surface area contributed by atoms with Crippen molar-refractivity contribution in [1.82, 2.24) is 0 Å². The van der Waals surface area contributed by atoms with Gasteiger partial charge in [0.15, 0.2) is 11.5 Å². The minimum atomic E-state index is 0.395. The second-order valence-corrected chi connectivity index (χ2v) is 4.36. The normalized spacial score (nSPS) is 13.9. The summed E-state index contributed by atoms with van der Waals surface area (Å²) in [5.74, 6) is 1.83. The lowest BCUT2D eigenvalue weighted by atomic mass is 10.1. The highest BCUT2D eigenvalue weighted by atomic mass is 35.5. The van der Waals surface area contributed by atoms with Crippen molar-refractivity contribution in [3.8, 4) is 17.2 Å². The summed E-state index contributed by atoms with van der Waals surface area (Å²) >= 11 is 6.15. The number of carbonyl (C=O) groups excluding carboxylic acids is 1. The third-order valence-corrected chi connectivity index (χ3v) is 3.04. The van der Waals surface area contributed by atoms with Crippen LogP contribution < -0.4 is 14.2 Å². The van der Waals surface area contributed by atoms with Crippen molar-refractivity contribution in [3.63, 3.8) is 0 Å². The van der Waals surface area contributed by atoms with E-state index >= 15 is 0 Å². The Morgan fingerprint density at radius 1 is 1.44 bits per heavy atom. The molecule has 5 heteroatoms. The van der Waals surface area contributed by atoms with Crippen LogP contribution in [-0.4, -0.2) is 26.6 Å². The van der Waals surface area contributed by atoms with Crippen molar-refractivity contribution in [2.24, 2.45) is 0 Å². The zero-order chi connectivity index (χ0) is 13.0. The van der Waals surface area contributed by atoms with Gasteiger partial charge in [-0.3, -0.25) is 0 Å². The van der Waals surface area contributed by atoms with E-state index in [1.165, 1.54) is 0 Å². The predicted molar refractivity (Wildman–Crippen MR) is 68.0 cm³/mol. The molecule has 1 aromatic rings. The van der Waals surface area contributed by atoms with Crippen molar-refractivity contribution in [2.45, 2.75) is 19.3 Å². The number of fused-ring (bicyclic) bond motifs is 1. The molecule has 0 fully saturated rings. The number of rotatable bonds is 4. The molecule has 4 nitrogen and oxygen atoms in total. The molecule has 98 valence electrons. The monoisotopic (exact) mass is 270 g/mol. The fourth-order valence-electron chi connectivity index (χ4n) is 1.97. The number of ether oxygens (including phenoxy) is 3. The van der Waals surface area contributed by atoms with Gasteiger partial charge in [0.25, 0.3) is 0 Å². The lowest BCUT2D eigenvalue weighted by Crippen LogP contribution is -2.01. The molecule has 0 bridgehead atoms. The van der Waals surface area contributed by atoms with Gasteiger partial charge in [0.1, 0.15) is 12.0 Å². The van der Waals surface area contributed by atoms with Gasteiger partial charge in [-0.1, -0.05) is 11.6 Å². The van der Waals surface area contributed by atoms with Gasteiger partial charge in [-0.2, -0.15) is 0 Å². The van der Waals surface area contributed by atoms with Crippen molar-refractivity contribution < 1.29 is 19.0 Å². The molecular formula is C13H15ClO4. The Morgan fingerprint density at radius 2 is 2.22 bits per heavy atom. The van der Waals surface area contributed by atoms with Gasteiger partial charge < -0.3 is 19.0 Å². The molecule has 1 aliphatic rings. The summed E-state index contributed by atoms with van der Waals surface area (Å²) in [4.78, 5) is 10.6. The zero-order valence-corrected chi connectivity index (χ0v) is 11.0. The Hall–Kier alpha value is -1.42. The van der Waals surface area contributed by atoms with Crippen LogP contribution in [0.25, 0.3) is 0 Å². The first-order valence-corrected chi connectivity index (χ1v) is 6.24. The fourth-order valence-corrected chi connectivity index (χ4v) is 2.26. The van der Waals surface area contributed by atoms with Crippen molar-refractivity contribution in [3.05, 3.63) is 16.7 Å². The number of halogens is 1. The minimum absolute atomic E-state index is 0.395. The molecule has 0 atom stereocenters. The Labute approximate surface area is 111 Å². The van der Waals surface area contributed by atoms with E-state index in [-0.39, 0.29) is 0 Å². The molecule has 1 aromatic carbocycles. The number of hydrogen-bond donors (Lipinski definition) is 0. The first kappa shape index (κ1) is 13.0. The van der Waals surface area contributed by atoms with Crippen LogP contribution in [0.5, 0.6) is 17.2 Å². The summed E-state index contributed by atoms with van der Waals surface area (Å²) in [5, 5.41) is 0.475. The third-order valence-electron chi connectivity index (χ3n) is 2.76. The quantitative estimate of drug-likeness (QED) is 0.789. The molecule has 0 saturated carbocycles. The van der Waals surface area contributed by atoms with E-state index in [1.54, 1.807) is 13.2 Å². The van der Waals surface area contributed by atoms with Crippen LogP contribution in [-0.2, 0) is 11.2 Å². The van der Waals surface area contributed by atoms with E-state index < -0.39 is 0 Å². The van der Waals surface area contributed by atoms with Gasteiger partial charge in [-0.15, -0.1) is 0 Å². The first-order valence-electron chi connectivity index (χ1n) is 5.86.